The predicted octanol–water partition coefficient (Wildman–Crippen LogP) is 1.69. The second-order valence-corrected chi connectivity index (χ2v) is 5.35. The van der Waals surface area contributed by atoms with Gasteiger partial charge in [-0.1, -0.05) is 6.92 Å². The molecule has 1 saturated carbocycles. The first kappa shape index (κ1) is 12.6. The molecule has 1 heterocycles. The van der Waals surface area contributed by atoms with Crippen LogP contribution >= 0.6 is 0 Å². The molecule has 17 heavy (non-hydrogen) atoms. The molecule has 1 aromatic heterocycles. The summed E-state index contributed by atoms with van der Waals surface area (Å²) in [6.45, 7) is 4.03. The largest absolute Gasteiger partial charge is 0.385 e. The molecular formula is C13H23N3O. The Morgan fingerprint density at radius 3 is 3.12 bits per heavy atom. The first-order chi connectivity index (χ1) is 8.15. The number of rotatable bonds is 5. The number of methoxy groups -OCH3 is 1. The number of hydrogen-bond acceptors (Lipinski definition) is 3. The van der Waals surface area contributed by atoms with E-state index < -0.39 is 0 Å². The Bertz CT molecular complexity index is 363. The summed E-state index contributed by atoms with van der Waals surface area (Å²) in [5.41, 5.74) is 7.58. The second-order valence-electron chi connectivity index (χ2n) is 5.35. The number of nitrogens with two attached hydrogens (primary N) is 1. The highest BCUT2D eigenvalue weighted by Gasteiger charge is 2.37. The lowest BCUT2D eigenvalue weighted by molar-refractivity contribution is 0.188. The molecule has 1 aliphatic rings. The zero-order valence-electron chi connectivity index (χ0n) is 10.9. The predicted molar refractivity (Wildman–Crippen MR) is 67.9 cm³/mol. The van der Waals surface area contributed by atoms with E-state index in [2.05, 4.69) is 22.8 Å². The van der Waals surface area contributed by atoms with Crippen molar-refractivity contribution < 1.29 is 4.74 Å². The smallest absolute Gasteiger partial charge is 0.0492 e. The van der Waals surface area contributed by atoms with Crippen LogP contribution < -0.4 is 5.73 Å². The van der Waals surface area contributed by atoms with Crippen LogP contribution in [0.2, 0.25) is 0 Å². The highest BCUT2D eigenvalue weighted by Crippen LogP contribution is 2.39. The van der Waals surface area contributed by atoms with Crippen molar-refractivity contribution >= 4 is 0 Å². The van der Waals surface area contributed by atoms with Gasteiger partial charge in [0.2, 0.25) is 0 Å². The SMILES string of the molecule is COCCCn1nccc1C1(C)CCC(N)C1. The Labute approximate surface area is 103 Å². The first-order valence-corrected chi connectivity index (χ1v) is 6.42. The third-order valence-corrected chi connectivity index (χ3v) is 3.83. The molecule has 2 atom stereocenters. The molecule has 4 heteroatoms. The molecule has 0 aromatic carbocycles. The number of hydrogen-bond donors (Lipinski definition) is 1. The summed E-state index contributed by atoms with van der Waals surface area (Å²) in [5.74, 6) is 0. The molecule has 1 aliphatic carbocycles. The quantitative estimate of drug-likeness (QED) is 0.793. The van der Waals surface area contributed by atoms with Crippen molar-refractivity contribution in [2.75, 3.05) is 13.7 Å². The molecule has 0 spiro atoms. The van der Waals surface area contributed by atoms with Crippen molar-refractivity contribution in [3.05, 3.63) is 18.0 Å². The minimum Gasteiger partial charge on any atom is -0.385 e. The van der Waals surface area contributed by atoms with Crippen LogP contribution in [-0.2, 0) is 16.7 Å². The lowest BCUT2D eigenvalue weighted by atomic mass is 9.84. The minimum atomic E-state index is 0.211. The van der Waals surface area contributed by atoms with Crippen LogP contribution in [0.25, 0.3) is 0 Å². The average Bonchev–Trinajstić information content (AvgIpc) is 2.87. The lowest BCUT2D eigenvalue weighted by Gasteiger charge is -2.25. The molecule has 0 bridgehead atoms. The van der Waals surface area contributed by atoms with Crippen LogP contribution in [-0.4, -0.2) is 29.5 Å². The molecule has 0 aliphatic heterocycles. The fourth-order valence-corrected chi connectivity index (χ4v) is 2.90. The molecule has 4 nitrogen and oxygen atoms in total. The molecule has 0 saturated heterocycles. The molecule has 96 valence electrons. The molecule has 0 radical (unpaired) electrons. The van der Waals surface area contributed by atoms with E-state index in [1.165, 1.54) is 12.1 Å². The van der Waals surface area contributed by atoms with Crippen molar-refractivity contribution in [1.82, 2.24) is 9.78 Å². The van der Waals surface area contributed by atoms with Gasteiger partial charge < -0.3 is 10.5 Å². The number of nitrogens with zero attached hydrogens (tertiary/aromatic N) is 2. The third kappa shape index (κ3) is 2.69. The van der Waals surface area contributed by atoms with Crippen LogP contribution in [0, 0.1) is 0 Å². The number of aromatic nitrogens is 2. The van der Waals surface area contributed by atoms with E-state index in [0.29, 0.717) is 6.04 Å². The Hall–Kier alpha value is -0.870. The number of aryl methyl sites for hydroxylation is 1. The van der Waals surface area contributed by atoms with Crippen molar-refractivity contribution in [1.29, 1.82) is 0 Å². The fraction of sp³-hybridized carbons (Fsp3) is 0.769. The van der Waals surface area contributed by atoms with Crippen LogP contribution in [0.5, 0.6) is 0 Å². The third-order valence-electron chi connectivity index (χ3n) is 3.83. The van der Waals surface area contributed by atoms with Crippen molar-refractivity contribution in [3.63, 3.8) is 0 Å². The molecule has 1 fully saturated rings. The monoisotopic (exact) mass is 237 g/mol. The molecule has 2 N–H and O–H groups in total. The van der Waals surface area contributed by atoms with Gasteiger partial charge in [-0.3, -0.25) is 4.68 Å². The zero-order chi connectivity index (χ0) is 12.3. The highest BCUT2D eigenvalue weighted by molar-refractivity contribution is 5.18. The first-order valence-electron chi connectivity index (χ1n) is 6.42. The van der Waals surface area contributed by atoms with Gasteiger partial charge in [-0.25, -0.2) is 0 Å². The topological polar surface area (TPSA) is 53.1 Å². The average molecular weight is 237 g/mol. The van der Waals surface area contributed by atoms with Gasteiger partial charge in [0.1, 0.15) is 0 Å². The van der Waals surface area contributed by atoms with Crippen molar-refractivity contribution in [2.45, 2.75) is 50.6 Å². The maximum atomic E-state index is 6.04. The van der Waals surface area contributed by atoms with E-state index in [1.807, 2.05) is 6.20 Å². The summed E-state index contributed by atoms with van der Waals surface area (Å²) in [4.78, 5) is 0. The van der Waals surface area contributed by atoms with Crippen LogP contribution in [0.3, 0.4) is 0 Å². The summed E-state index contributed by atoms with van der Waals surface area (Å²) in [5, 5.41) is 4.42. The maximum absolute atomic E-state index is 6.04. The van der Waals surface area contributed by atoms with Gasteiger partial charge in [-0.2, -0.15) is 5.10 Å². The van der Waals surface area contributed by atoms with E-state index in [4.69, 9.17) is 10.5 Å². The lowest BCUT2D eigenvalue weighted by Crippen LogP contribution is -2.26. The van der Waals surface area contributed by atoms with E-state index in [1.54, 1.807) is 7.11 Å². The Balaban J connectivity index is 2.08. The second kappa shape index (κ2) is 5.19. The summed E-state index contributed by atoms with van der Waals surface area (Å²) in [6.07, 6.45) is 6.28. The van der Waals surface area contributed by atoms with Gasteiger partial charge in [0.25, 0.3) is 0 Å². The van der Waals surface area contributed by atoms with Crippen LogP contribution in [0.4, 0.5) is 0 Å². The van der Waals surface area contributed by atoms with E-state index >= 15 is 0 Å². The van der Waals surface area contributed by atoms with Gasteiger partial charge in [0.05, 0.1) is 0 Å². The van der Waals surface area contributed by atoms with Gasteiger partial charge in [0.15, 0.2) is 0 Å². The maximum Gasteiger partial charge on any atom is 0.0492 e. The van der Waals surface area contributed by atoms with Gasteiger partial charge in [0, 0.05) is 43.6 Å². The summed E-state index contributed by atoms with van der Waals surface area (Å²) in [7, 11) is 1.74. The summed E-state index contributed by atoms with van der Waals surface area (Å²) < 4.78 is 7.21. The highest BCUT2D eigenvalue weighted by atomic mass is 16.5. The van der Waals surface area contributed by atoms with E-state index in [9.17, 15) is 0 Å². The molecular weight excluding hydrogens is 214 g/mol. The van der Waals surface area contributed by atoms with Gasteiger partial charge >= 0.3 is 0 Å². The Morgan fingerprint density at radius 2 is 2.47 bits per heavy atom. The van der Waals surface area contributed by atoms with Crippen LogP contribution in [0.15, 0.2) is 12.3 Å². The Kier molecular flexibility index (Phi) is 3.84. The molecule has 0 amide bonds. The minimum absolute atomic E-state index is 0.211. The Morgan fingerprint density at radius 1 is 1.65 bits per heavy atom. The molecule has 1 aromatic rings. The van der Waals surface area contributed by atoms with Crippen molar-refractivity contribution in [3.8, 4) is 0 Å². The van der Waals surface area contributed by atoms with Gasteiger partial charge in [-0.05, 0) is 31.7 Å². The van der Waals surface area contributed by atoms with E-state index in [-0.39, 0.29) is 5.41 Å². The summed E-state index contributed by atoms with van der Waals surface area (Å²) in [6, 6.07) is 2.49. The molecule has 2 rings (SSSR count). The summed E-state index contributed by atoms with van der Waals surface area (Å²) >= 11 is 0. The fourth-order valence-electron chi connectivity index (χ4n) is 2.90. The van der Waals surface area contributed by atoms with E-state index in [0.717, 1.165) is 32.4 Å². The zero-order valence-corrected chi connectivity index (χ0v) is 10.9. The van der Waals surface area contributed by atoms with Crippen LogP contribution in [0.1, 0.15) is 38.3 Å². The van der Waals surface area contributed by atoms with Gasteiger partial charge in [-0.15, -0.1) is 0 Å². The standard InChI is InChI=1S/C13H23N3O/c1-13(6-4-11(14)10-13)12-5-7-15-16(12)8-3-9-17-2/h5,7,11H,3-4,6,8-10,14H2,1-2H3. The molecule has 2 unspecified atom stereocenters. The normalized spacial score (nSPS) is 28.8. The van der Waals surface area contributed by atoms with Crippen molar-refractivity contribution in [2.24, 2.45) is 5.73 Å². The number of ether oxygens (including phenoxy) is 1.